The van der Waals surface area contributed by atoms with Gasteiger partial charge >= 0.3 is 0 Å². The molecular formula is C29H31FN8O4. The van der Waals surface area contributed by atoms with Crippen molar-refractivity contribution in [3.05, 3.63) is 54.4 Å². The molecule has 6 rings (SSSR count). The summed E-state index contributed by atoms with van der Waals surface area (Å²) in [5.41, 5.74) is 2.73. The van der Waals surface area contributed by atoms with Gasteiger partial charge in [-0.25, -0.2) is 14.4 Å². The molecule has 0 radical (unpaired) electrons. The fourth-order valence-electron chi connectivity index (χ4n) is 5.33. The Labute approximate surface area is 242 Å². The van der Waals surface area contributed by atoms with Crippen LogP contribution in [0.1, 0.15) is 5.56 Å². The minimum Gasteiger partial charge on any atom is -0.484 e. The van der Waals surface area contributed by atoms with Gasteiger partial charge in [-0.05, 0) is 42.5 Å². The molecule has 0 spiro atoms. The maximum absolute atomic E-state index is 14.5. The first kappa shape index (κ1) is 27.8. The van der Waals surface area contributed by atoms with Gasteiger partial charge in [0.15, 0.2) is 12.0 Å². The average molecular weight is 575 g/mol. The van der Waals surface area contributed by atoms with Crippen molar-refractivity contribution in [2.45, 2.75) is 18.3 Å². The zero-order chi connectivity index (χ0) is 29.1. The SMILES string of the molecule is N#Cc1cc(-c2ncnc(Nc3ccc(N4CCN(C5COC5)CC4)cc3)n2)ccc1OC1CN(C(=O)CO)C[C@@H]1F. The summed E-state index contributed by atoms with van der Waals surface area (Å²) in [4.78, 5) is 30.8. The Morgan fingerprint density at radius 3 is 2.60 bits per heavy atom. The zero-order valence-electron chi connectivity index (χ0n) is 22.9. The number of likely N-dealkylation sites (tertiary alicyclic amines) is 1. The fourth-order valence-corrected chi connectivity index (χ4v) is 5.33. The van der Waals surface area contributed by atoms with E-state index in [1.807, 2.05) is 12.1 Å². The van der Waals surface area contributed by atoms with Crippen molar-refractivity contribution in [2.75, 3.05) is 69.3 Å². The van der Waals surface area contributed by atoms with Crippen LogP contribution < -0.4 is 15.0 Å². The molecule has 3 aromatic rings. The van der Waals surface area contributed by atoms with Crippen LogP contribution in [0.5, 0.6) is 5.75 Å². The van der Waals surface area contributed by atoms with E-state index in [2.05, 4.69) is 48.3 Å². The highest BCUT2D eigenvalue weighted by molar-refractivity contribution is 5.77. The normalized spacial score (nSPS) is 21.1. The van der Waals surface area contributed by atoms with Crippen LogP contribution in [0.25, 0.3) is 11.4 Å². The van der Waals surface area contributed by atoms with Crippen molar-refractivity contribution in [3.63, 3.8) is 0 Å². The van der Waals surface area contributed by atoms with Gasteiger partial charge in [0.25, 0.3) is 0 Å². The molecule has 42 heavy (non-hydrogen) atoms. The maximum atomic E-state index is 14.5. The second kappa shape index (κ2) is 12.2. The summed E-state index contributed by atoms with van der Waals surface area (Å²) < 4.78 is 25.6. The molecule has 12 nitrogen and oxygen atoms in total. The number of aromatic nitrogens is 3. The number of nitrogens with zero attached hydrogens (tertiary/aromatic N) is 7. The molecule has 3 saturated heterocycles. The number of nitrogens with one attached hydrogen (secondary N) is 1. The van der Waals surface area contributed by atoms with Crippen LogP contribution in [0.2, 0.25) is 0 Å². The number of rotatable bonds is 8. The molecule has 3 aliphatic rings. The quantitative estimate of drug-likeness (QED) is 0.405. The average Bonchev–Trinajstić information content (AvgIpc) is 3.36. The minimum atomic E-state index is -1.43. The number of anilines is 3. The number of aliphatic hydroxyl groups excluding tert-OH is 1. The van der Waals surface area contributed by atoms with Crippen LogP contribution in [0.4, 0.5) is 21.7 Å². The lowest BCUT2D eigenvalue weighted by Gasteiger charge is -2.43. The Morgan fingerprint density at radius 2 is 1.90 bits per heavy atom. The highest BCUT2D eigenvalue weighted by Crippen LogP contribution is 2.29. The van der Waals surface area contributed by atoms with Gasteiger partial charge in [0.05, 0.1) is 37.9 Å². The Balaban J connectivity index is 1.09. The minimum absolute atomic E-state index is 0.0104. The second-order valence-electron chi connectivity index (χ2n) is 10.5. The number of carbonyl (C=O) groups is 1. The third-order valence-corrected chi connectivity index (χ3v) is 7.83. The molecule has 13 heteroatoms. The number of hydrogen-bond acceptors (Lipinski definition) is 11. The van der Waals surface area contributed by atoms with Gasteiger partial charge in [0.2, 0.25) is 11.9 Å². The molecule has 1 amide bonds. The van der Waals surface area contributed by atoms with E-state index >= 15 is 0 Å². The molecule has 2 N–H and O–H groups in total. The molecule has 4 heterocycles. The van der Waals surface area contributed by atoms with Gasteiger partial charge in [-0.3, -0.25) is 9.69 Å². The predicted molar refractivity (Wildman–Crippen MR) is 151 cm³/mol. The zero-order valence-corrected chi connectivity index (χ0v) is 22.9. The smallest absolute Gasteiger partial charge is 0.248 e. The first-order valence-electron chi connectivity index (χ1n) is 13.9. The number of hydrogen-bond donors (Lipinski definition) is 2. The maximum Gasteiger partial charge on any atom is 0.248 e. The Morgan fingerprint density at radius 1 is 1.12 bits per heavy atom. The molecule has 3 fully saturated rings. The standard InChI is InChI=1S/C29H31FN8O4/c30-24-13-38(27(40)15-39)14-26(24)42-25-6-1-19(11-20(25)12-31)28-32-18-33-29(35-28)34-21-2-4-22(5-3-21)36-7-9-37(10-8-36)23-16-41-17-23/h1-6,11,18,23-24,26,39H,7-10,13-17H2,(H,32,33,34,35)/t24-,26?/m0/s1. The number of nitriles is 1. The van der Waals surface area contributed by atoms with Gasteiger partial charge in [-0.2, -0.15) is 10.2 Å². The van der Waals surface area contributed by atoms with Crippen molar-refractivity contribution < 1.29 is 23.8 Å². The summed E-state index contributed by atoms with van der Waals surface area (Å²) in [5, 5.41) is 22.0. The Hall–Kier alpha value is -4.38. The predicted octanol–water partition coefficient (Wildman–Crippen LogP) is 1.59. The topological polar surface area (TPSA) is 140 Å². The summed E-state index contributed by atoms with van der Waals surface area (Å²) in [5.74, 6) is 0.329. The number of benzene rings is 2. The van der Waals surface area contributed by atoms with E-state index in [0.717, 1.165) is 50.8 Å². The number of carbonyl (C=O) groups excluding carboxylic acids is 1. The first-order chi connectivity index (χ1) is 20.5. The van der Waals surface area contributed by atoms with Crippen LogP contribution in [0.15, 0.2) is 48.8 Å². The molecule has 0 bridgehead atoms. The molecule has 0 saturated carbocycles. The first-order valence-corrected chi connectivity index (χ1v) is 13.9. The van der Waals surface area contributed by atoms with Gasteiger partial charge in [0, 0.05) is 43.1 Å². The van der Waals surface area contributed by atoms with E-state index < -0.39 is 24.8 Å². The van der Waals surface area contributed by atoms with E-state index in [1.54, 1.807) is 18.2 Å². The van der Waals surface area contributed by atoms with Crippen LogP contribution in [0, 0.1) is 11.3 Å². The van der Waals surface area contributed by atoms with Crippen molar-refractivity contribution >= 4 is 23.2 Å². The van der Waals surface area contributed by atoms with Crippen LogP contribution >= 0.6 is 0 Å². The van der Waals surface area contributed by atoms with Gasteiger partial charge in [-0.15, -0.1) is 0 Å². The molecule has 2 atom stereocenters. The lowest BCUT2D eigenvalue weighted by molar-refractivity contribution is -0.133. The van der Waals surface area contributed by atoms with Gasteiger partial charge < -0.3 is 29.7 Å². The van der Waals surface area contributed by atoms with Crippen molar-refractivity contribution in [1.29, 1.82) is 5.26 Å². The summed E-state index contributed by atoms with van der Waals surface area (Å²) in [6.45, 7) is 4.83. The van der Waals surface area contributed by atoms with Gasteiger partial charge in [0.1, 0.15) is 30.9 Å². The number of ether oxygens (including phenoxy) is 2. The number of amides is 1. The number of alkyl halides is 1. The Kier molecular flexibility index (Phi) is 8.09. The highest BCUT2D eigenvalue weighted by atomic mass is 19.1. The largest absolute Gasteiger partial charge is 0.484 e. The van der Waals surface area contributed by atoms with E-state index in [9.17, 15) is 14.4 Å². The molecule has 1 aromatic heterocycles. The van der Waals surface area contributed by atoms with Gasteiger partial charge in [-0.1, -0.05) is 0 Å². The third-order valence-electron chi connectivity index (χ3n) is 7.83. The van der Waals surface area contributed by atoms with Crippen molar-refractivity contribution in [2.24, 2.45) is 0 Å². The van der Waals surface area contributed by atoms with E-state index in [-0.39, 0.29) is 24.4 Å². The third kappa shape index (κ3) is 5.96. The lowest BCUT2D eigenvalue weighted by Crippen LogP contribution is -2.56. The molecule has 1 unspecified atom stereocenters. The number of piperazine rings is 1. The molecule has 0 aliphatic carbocycles. The van der Waals surface area contributed by atoms with Crippen molar-refractivity contribution in [1.82, 2.24) is 24.8 Å². The molecule has 218 valence electrons. The summed E-state index contributed by atoms with van der Waals surface area (Å²) >= 11 is 0. The Bertz CT molecular complexity index is 1460. The molecule has 2 aromatic carbocycles. The molecular weight excluding hydrogens is 543 g/mol. The van der Waals surface area contributed by atoms with Crippen LogP contribution in [-0.2, 0) is 9.53 Å². The lowest BCUT2D eigenvalue weighted by atomic mass is 10.1. The van der Waals surface area contributed by atoms with Crippen LogP contribution in [0.3, 0.4) is 0 Å². The highest BCUT2D eigenvalue weighted by Gasteiger charge is 2.37. The summed E-state index contributed by atoms with van der Waals surface area (Å²) in [7, 11) is 0. The second-order valence-corrected chi connectivity index (χ2v) is 10.5. The van der Waals surface area contributed by atoms with E-state index in [1.165, 1.54) is 11.2 Å². The van der Waals surface area contributed by atoms with E-state index in [4.69, 9.17) is 14.6 Å². The fraction of sp³-hybridized carbons (Fsp3) is 0.414. The molecule has 3 aliphatic heterocycles. The summed E-state index contributed by atoms with van der Waals surface area (Å²) in [6.07, 6.45) is -0.985. The van der Waals surface area contributed by atoms with Crippen LogP contribution in [-0.4, -0.2) is 113 Å². The summed E-state index contributed by atoms with van der Waals surface area (Å²) in [6, 6.07) is 15.6. The van der Waals surface area contributed by atoms with Crippen molar-refractivity contribution in [3.8, 4) is 23.2 Å². The number of halogens is 1. The van der Waals surface area contributed by atoms with E-state index in [0.29, 0.717) is 23.4 Å². The monoisotopic (exact) mass is 574 g/mol. The number of aliphatic hydroxyl groups is 1.